The minimum atomic E-state index is -0.0239. The molecule has 1 heterocycles. The first-order chi connectivity index (χ1) is 15.2. The standard InChI is InChI=1S/C26H32N4O/c1-3-27-14-5-15-29-26(31)23-10-11-25(20(2)18-23)30-24-7-4-6-22(19-24)9-8-21-12-16-28-17-13-21/h4,7-13,16-19,22,27,30H,3,5-6,14-15H2,1-2H3,(H,29,31)/b9-8+. The van der Waals surface area contributed by atoms with Crippen LogP contribution in [0.1, 0.15) is 41.3 Å². The lowest BCUT2D eigenvalue weighted by Crippen LogP contribution is -2.27. The molecular formula is C26H32N4O. The Morgan fingerprint density at radius 1 is 1.19 bits per heavy atom. The molecule has 1 aromatic heterocycles. The summed E-state index contributed by atoms with van der Waals surface area (Å²) in [6, 6.07) is 9.80. The van der Waals surface area contributed by atoms with Crippen molar-refractivity contribution in [3.8, 4) is 0 Å². The number of rotatable bonds is 10. The van der Waals surface area contributed by atoms with Crippen LogP contribution in [0, 0.1) is 12.8 Å². The zero-order valence-corrected chi connectivity index (χ0v) is 18.4. The molecule has 1 atom stereocenters. The lowest BCUT2D eigenvalue weighted by Gasteiger charge is -2.17. The second-order valence-electron chi connectivity index (χ2n) is 7.68. The summed E-state index contributed by atoms with van der Waals surface area (Å²) < 4.78 is 0. The van der Waals surface area contributed by atoms with Crippen LogP contribution >= 0.6 is 0 Å². The van der Waals surface area contributed by atoms with Crippen LogP contribution in [0.2, 0.25) is 0 Å². The number of aromatic nitrogens is 1. The maximum absolute atomic E-state index is 12.4. The normalized spacial score (nSPS) is 15.7. The van der Waals surface area contributed by atoms with Gasteiger partial charge in [0.25, 0.3) is 5.91 Å². The van der Waals surface area contributed by atoms with Crippen LogP contribution in [0.4, 0.5) is 5.69 Å². The number of pyridine rings is 1. The van der Waals surface area contributed by atoms with Crippen molar-refractivity contribution in [3.63, 3.8) is 0 Å². The second kappa shape index (κ2) is 11.9. The first kappa shape index (κ1) is 22.5. The third-order valence-electron chi connectivity index (χ3n) is 5.17. The molecule has 1 aliphatic carbocycles. The molecule has 0 saturated heterocycles. The summed E-state index contributed by atoms with van der Waals surface area (Å²) in [5, 5.41) is 9.75. The largest absolute Gasteiger partial charge is 0.356 e. The fraction of sp³-hybridized carbons (Fsp3) is 0.308. The summed E-state index contributed by atoms with van der Waals surface area (Å²) in [6.07, 6.45) is 16.4. The van der Waals surface area contributed by atoms with E-state index in [9.17, 15) is 4.79 Å². The van der Waals surface area contributed by atoms with Crippen LogP contribution in [-0.2, 0) is 0 Å². The number of carbonyl (C=O) groups is 1. The van der Waals surface area contributed by atoms with Gasteiger partial charge in [0.1, 0.15) is 0 Å². The van der Waals surface area contributed by atoms with Crippen molar-refractivity contribution in [2.24, 2.45) is 5.92 Å². The van der Waals surface area contributed by atoms with Crippen molar-refractivity contribution in [3.05, 3.63) is 89.4 Å². The van der Waals surface area contributed by atoms with Gasteiger partial charge in [-0.1, -0.05) is 31.2 Å². The molecule has 0 aliphatic heterocycles. The van der Waals surface area contributed by atoms with E-state index < -0.39 is 0 Å². The Bertz CT molecular complexity index is 947. The highest BCUT2D eigenvalue weighted by molar-refractivity contribution is 5.94. The van der Waals surface area contributed by atoms with E-state index in [0.29, 0.717) is 18.0 Å². The van der Waals surface area contributed by atoms with Gasteiger partial charge in [0.05, 0.1) is 0 Å². The predicted molar refractivity (Wildman–Crippen MR) is 129 cm³/mol. The summed E-state index contributed by atoms with van der Waals surface area (Å²) in [6.45, 7) is 6.65. The molecule has 0 saturated carbocycles. The van der Waals surface area contributed by atoms with Crippen LogP contribution in [0.5, 0.6) is 0 Å². The fourth-order valence-electron chi connectivity index (χ4n) is 3.43. The van der Waals surface area contributed by atoms with E-state index in [2.05, 4.69) is 58.2 Å². The fourth-order valence-corrected chi connectivity index (χ4v) is 3.43. The Balaban J connectivity index is 1.57. The van der Waals surface area contributed by atoms with Gasteiger partial charge in [-0.3, -0.25) is 9.78 Å². The topological polar surface area (TPSA) is 66.0 Å². The van der Waals surface area contributed by atoms with E-state index >= 15 is 0 Å². The molecule has 3 N–H and O–H groups in total. The highest BCUT2D eigenvalue weighted by Gasteiger charge is 2.10. The quantitative estimate of drug-likeness (QED) is 0.491. The van der Waals surface area contributed by atoms with Crippen molar-refractivity contribution >= 4 is 17.7 Å². The summed E-state index contributed by atoms with van der Waals surface area (Å²) in [5.74, 6) is 0.317. The monoisotopic (exact) mass is 416 g/mol. The number of hydrogen-bond acceptors (Lipinski definition) is 4. The average molecular weight is 417 g/mol. The summed E-state index contributed by atoms with van der Waals surface area (Å²) in [4.78, 5) is 16.4. The van der Waals surface area contributed by atoms with Crippen LogP contribution in [0.3, 0.4) is 0 Å². The number of benzene rings is 1. The van der Waals surface area contributed by atoms with Gasteiger partial charge in [-0.05, 0) is 80.4 Å². The zero-order valence-electron chi connectivity index (χ0n) is 18.4. The lowest BCUT2D eigenvalue weighted by atomic mass is 9.97. The van der Waals surface area contributed by atoms with Gasteiger partial charge < -0.3 is 16.0 Å². The van der Waals surface area contributed by atoms with Crippen molar-refractivity contribution in [1.29, 1.82) is 0 Å². The van der Waals surface area contributed by atoms with Crippen molar-refractivity contribution < 1.29 is 4.79 Å². The van der Waals surface area contributed by atoms with E-state index in [1.54, 1.807) is 12.4 Å². The molecule has 1 aromatic carbocycles. The number of allylic oxidation sites excluding steroid dienone is 4. The molecule has 31 heavy (non-hydrogen) atoms. The van der Waals surface area contributed by atoms with Crippen LogP contribution < -0.4 is 16.0 Å². The average Bonchev–Trinajstić information content (AvgIpc) is 2.80. The number of anilines is 1. The molecule has 1 aliphatic rings. The smallest absolute Gasteiger partial charge is 0.251 e. The summed E-state index contributed by atoms with van der Waals surface area (Å²) in [7, 11) is 0. The molecule has 5 heteroatoms. The van der Waals surface area contributed by atoms with Crippen molar-refractivity contribution in [2.75, 3.05) is 25.0 Å². The molecule has 1 unspecified atom stereocenters. The molecule has 2 aromatic rings. The Labute approximate surface area is 185 Å². The van der Waals surface area contributed by atoms with Gasteiger partial charge in [0.15, 0.2) is 0 Å². The van der Waals surface area contributed by atoms with Crippen molar-refractivity contribution in [1.82, 2.24) is 15.6 Å². The van der Waals surface area contributed by atoms with Crippen LogP contribution in [-0.4, -0.2) is 30.5 Å². The lowest BCUT2D eigenvalue weighted by molar-refractivity contribution is 0.0953. The molecule has 0 spiro atoms. The van der Waals surface area contributed by atoms with E-state index in [1.807, 2.05) is 37.3 Å². The molecule has 162 valence electrons. The van der Waals surface area contributed by atoms with E-state index in [-0.39, 0.29) is 5.91 Å². The number of nitrogens with one attached hydrogen (secondary N) is 3. The maximum Gasteiger partial charge on any atom is 0.251 e. The van der Waals surface area contributed by atoms with Gasteiger partial charge >= 0.3 is 0 Å². The van der Waals surface area contributed by atoms with Gasteiger partial charge in [-0.25, -0.2) is 0 Å². The van der Waals surface area contributed by atoms with E-state index in [4.69, 9.17) is 0 Å². The van der Waals surface area contributed by atoms with Crippen LogP contribution in [0.15, 0.2) is 72.7 Å². The van der Waals surface area contributed by atoms with Crippen molar-refractivity contribution in [2.45, 2.75) is 26.7 Å². The number of amides is 1. The highest BCUT2D eigenvalue weighted by atomic mass is 16.1. The molecule has 1 amide bonds. The van der Waals surface area contributed by atoms with E-state index in [1.165, 1.54) is 0 Å². The minimum absolute atomic E-state index is 0.0239. The third-order valence-corrected chi connectivity index (χ3v) is 5.17. The summed E-state index contributed by atoms with van der Waals surface area (Å²) >= 11 is 0. The van der Waals surface area contributed by atoms with Crippen LogP contribution in [0.25, 0.3) is 6.08 Å². The molecule has 0 fully saturated rings. The number of carbonyl (C=O) groups excluding carboxylic acids is 1. The van der Waals surface area contributed by atoms with Gasteiger partial charge in [0, 0.05) is 41.8 Å². The number of aryl methyl sites for hydroxylation is 1. The first-order valence-corrected chi connectivity index (χ1v) is 11.0. The Hall–Kier alpha value is -3.18. The second-order valence-corrected chi connectivity index (χ2v) is 7.68. The van der Waals surface area contributed by atoms with E-state index in [0.717, 1.165) is 48.4 Å². The molecule has 0 bridgehead atoms. The predicted octanol–water partition coefficient (Wildman–Crippen LogP) is 4.70. The number of hydrogen-bond donors (Lipinski definition) is 3. The highest BCUT2D eigenvalue weighted by Crippen LogP contribution is 2.23. The van der Waals surface area contributed by atoms with Gasteiger partial charge in [-0.15, -0.1) is 0 Å². The zero-order chi connectivity index (χ0) is 21.9. The maximum atomic E-state index is 12.4. The number of nitrogens with zero attached hydrogens (tertiary/aromatic N) is 1. The molecule has 5 nitrogen and oxygen atoms in total. The third kappa shape index (κ3) is 7.23. The minimum Gasteiger partial charge on any atom is -0.356 e. The summed E-state index contributed by atoms with van der Waals surface area (Å²) in [5.41, 5.74) is 4.97. The molecular weight excluding hydrogens is 384 g/mol. The molecule has 0 radical (unpaired) electrons. The Kier molecular flexibility index (Phi) is 8.61. The Morgan fingerprint density at radius 3 is 2.81 bits per heavy atom. The SMILES string of the molecule is CCNCCCNC(=O)c1ccc(NC2=CC(/C=C/c3ccncc3)CC=C2)c(C)c1. The first-order valence-electron chi connectivity index (χ1n) is 11.0. The van der Waals surface area contributed by atoms with Gasteiger partial charge in [-0.2, -0.15) is 0 Å². The molecule has 3 rings (SSSR count). The van der Waals surface area contributed by atoms with Gasteiger partial charge in [0.2, 0.25) is 0 Å². The Morgan fingerprint density at radius 2 is 2.03 bits per heavy atom.